The molecule has 0 saturated heterocycles. The van der Waals surface area contributed by atoms with Gasteiger partial charge in [0.15, 0.2) is 0 Å². The van der Waals surface area contributed by atoms with E-state index in [4.69, 9.17) is 4.74 Å². The standard InChI is InChI=1S/C16H22O3/c1-11-6-8-16(9-7-11,15(17)18)13-5-4-12(2)14(10-13)19-3/h4-5,10-11H,6-9H2,1-3H3,(H,17,18). The number of hydrogen-bond acceptors (Lipinski definition) is 2. The summed E-state index contributed by atoms with van der Waals surface area (Å²) in [5.74, 6) is 0.696. The molecule has 0 amide bonds. The van der Waals surface area contributed by atoms with Gasteiger partial charge in [0.05, 0.1) is 12.5 Å². The van der Waals surface area contributed by atoms with E-state index < -0.39 is 11.4 Å². The van der Waals surface area contributed by atoms with Crippen molar-refractivity contribution in [2.45, 2.75) is 44.9 Å². The molecule has 104 valence electrons. The van der Waals surface area contributed by atoms with Gasteiger partial charge in [-0.25, -0.2) is 0 Å². The zero-order chi connectivity index (χ0) is 14.0. The van der Waals surface area contributed by atoms with E-state index in [0.717, 1.165) is 42.6 Å². The smallest absolute Gasteiger partial charge is 0.314 e. The molecule has 0 unspecified atom stereocenters. The summed E-state index contributed by atoms with van der Waals surface area (Å²) in [6.07, 6.45) is 3.39. The van der Waals surface area contributed by atoms with Gasteiger partial charge in [0.25, 0.3) is 0 Å². The van der Waals surface area contributed by atoms with Crippen LogP contribution in [0.1, 0.15) is 43.7 Å². The van der Waals surface area contributed by atoms with Crippen molar-refractivity contribution in [1.82, 2.24) is 0 Å². The van der Waals surface area contributed by atoms with Gasteiger partial charge in [0.1, 0.15) is 5.75 Å². The molecule has 1 aliphatic rings. The highest BCUT2D eigenvalue weighted by Gasteiger charge is 2.42. The van der Waals surface area contributed by atoms with E-state index in [1.165, 1.54) is 0 Å². The van der Waals surface area contributed by atoms with Gasteiger partial charge < -0.3 is 9.84 Å². The minimum Gasteiger partial charge on any atom is -0.496 e. The predicted molar refractivity (Wildman–Crippen MR) is 74.7 cm³/mol. The molecule has 1 aromatic rings. The predicted octanol–water partition coefficient (Wildman–Crippen LogP) is 3.54. The first-order valence-corrected chi connectivity index (χ1v) is 6.88. The Bertz CT molecular complexity index is 471. The number of carbonyl (C=O) groups is 1. The zero-order valence-electron chi connectivity index (χ0n) is 11.9. The Hall–Kier alpha value is -1.51. The van der Waals surface area contributed by atoms with Crippen LogP contribution in [0, 0.1) is 12.8 Å². The number of hydrogen-bond donors (Lipinski definition) is 1. The van der Waals surface area contributed by atoms with Crippen LogP contribution < -0.4 is 4.74 Å². The molecule has 0 heterocycles. The van der Waals surface area contributed by atoms with Crippen LogP contribution in [-0.4, -0.2) is 18.2 Å². The number of rotatable bonds is 3. The molecule has 0 aliphatic heterocycles. The van der Waals surface area contributed by atoms with Crippen LogP contribution in [0.3, 0.4) is 0 Å². The van der Waals surface area contributed by atoms with Crippen molar-refractivity contribution in [2.24, 2.45) is 5.92 Å². The van der Waals surface area contributed by atoms with Crippen LogP contribution in [0.25, 0.3) is 0 Å². The summed E-state index contributed by atoms with van der Waals surface area (Å²) in [5.41, 5.74) is 1.19. The van der Waals surface area contributed by atoms with Gasteiger partial charge in [0, 0.05) is 0 Å². The van der Waals surface area contributed by atoms with E-state index in [1.807, 2.05) is 25.1 Å². The van der Waals surface area contributed by atoms with Crippen molar-refractivity contribution in [3.63, 3.8) is 0 Å². The highest BCUT2D eigenvalue weighted by Crippen LogP contribution is 2.43. The summed E-state index contributed by atoms with van der Waals surface area (Å²) >= 11 is 0. The second kappa shape index (κ2) is 5.24. The Morgan fingerprint density at radius 2 is 2.00 bits per heavy atom. The highest BCUT2D eigenvalue weighted by molar-refractivity contribution is 5.81. The van der Waals surface area contributed by atoms with Crippen LogP contribution in [0.15, 0.2) is 18.2 Å². The van der Waals surface area contributed by atoms with Gasteiger partial charge in [0.2, 0.25) is 0 Å². The minimum absolute atomic E-state index is 0.625. The molecule has 3 heteroatoms. The molecule has 3 nitrogen and oxygen atoms in total. The van der Waals surface area contributed by atoms with Crippen molar-refractivity contribution in [2.75, 3.05) is 7.11 Å². The average Bonchev–Trinajstić information content (AvgIpc) is 2.40. The molecule has 19 heavy (non-hydrogen) atoms. The summed E-state index contributed by atoms with van der Waals surface area (Å²) in [6, 6.07) is 5.80. The molecule has 0 spiro atoms. The molecule has 1 saturated carbocycles. The average molecular weight is 262 g/mol. The van der Waals surface area contributed by atoms with Gasteiger partial charge >= 0.3 is 5.97 Å². The molecule has 0 atom stereocenters. The normalized spacial score (nSPS) is 27.0. The van der Waals surface area contributed by atoms with Crippen molar-refractivity contribution < 1.29 is 14.6 Å². The molecule has 1 aliphatic carbocycles. The first-order chi connectivity index (χ1) is 8.99. The topological polar surface area (TPSA) is 46.5 Å². The first-order valence-electron chi connectivity index (χ1n) is 6.88. The Balaban J connectivity index is 2.42. The Labute approximate surface area is 114 Å². The summed E-state index contributed by atoms with van der Waals surface area (Å²) in [4.78, 5) is 11.8. The van der Waals surface area contributed by atoms with E-state index in [1.54, 1.807) is 7.11 Å². The van der Waals surface area contributed by atoms with E-state index in [2.05, 4.69) is 6.92 Å². The van der Waals surface area contributed by atoms with Gasteiger partial charge in [-0.1, -0.05) is 19.1 Å². The van der Waals surface area contributed by atoms with Crippen LogP contribution in [0.2, 0.25) is 0 Å². The third-order valence-electron chi connectivity index (χ3n) is 4.50. The number of carboxylic acid groups (broad SMARTS) is 1. The fourth-order valence-corrected chi connectivity index (χ4v) is 3.00. The number of ether oxygens (including phenoxy) is 1. The lowest BCUT2D eigenvalue weighted by Gasteiger charge is -2.36. The van der Waals surface area contributed by atoms with Gasteiger partial charge in [-0.3, -0.25) is 4.79 Å². The molecule has 0 radical (unpaired) electrons. The SMILES string of the molecule is COc1cc(C2(C(=O)O)CCC(C)CC2)ccc1C. The molecule has 1 aromatic carbocycles. The Kier molecular flexibility index (Phi) is 3.83. The monoisotopic (exact) mass is 262 g/mol. The maximum atomic E-state index is 11.8. The van der Waals surface area contributed by atoms with Crippen LogP contribution in [0.5, 0.6) is 5.75 Å². The largest absolute Gasteiger partial charge is 0.496 e. The van der Waals surface area contributed by atoms with Crippen molar-refractivity contribution >= 4 is 5.97 Å². The molecule has 2 rings (SSSR count). The lowest BCUT2D eigenvalue weighted by molar-refractivity contribution is -0.145. The fraction of sp³-hybridized carbons (Fsp3) is 0.562. The Morgan fingerprint density at radius 1 is 1.37 bits per heavy atom. The van der Waals surface area contributed by atoms with Crippen LogP contribution >= 0.6 is 0 Å². The molecule has 1 N–H and O–H groups in total. The molecular weight excluding hydrogens is 240 g/mol. The summed E-state index contributed by atoms with van der Waals surface area (Å²) in [6.45, 7) is 4.17. The second-order valence-electron chi connectivity index (χ2n) is 5.75. The molecule has 1 fully saturated rings. The maximum absolute atomic E-state index is 11.8. The number of methoxy groups -OCH3 is 1. The minimum atomic E-state index is -0.729. The van der Waals surface area contributed by atoms with Gasteiger partial charge in [-0.15, -0.1) is 0 Å². The molecule has 0 aromatic heterocycles. The lowest BCUT2D eigenvalue weighted by Crippen LogP contribution is -2.39. The fourth-order valence-electron chi connectivity index (χ4n) is 3.00. The maximum Gasteiger partial charge on any atom is 0.314 e. The third kappa shape index (κ3) is 2.46. The third-order valence-corrected chi connectivity index (χ3v) is 4.50. The second-order valence-corrected chi connectivity index (χ2v) is 5.75. The van der Waals surface area contributed by atoms with Gasteiger partial charge in [-0.2, -0.15) is 0 Å². The summed E-state index contributed by atoms with van der Waals surface area (Å²) < 4.78 is 5.33. The Morgan fingerprint density at radius 3 is 2.53 bits per heavy atom. The summed E-state index contributed by atoms with van der Waals surface area (Å²) in [5, 5.41) is 9.72. The number of aryl methyl sites for hydroxylation is 1. The van der Waals surface area contributed by atoms with E-state index in [-0.39, 0.29) is 0 Å². The summed E-state index contributed by atoms with van der Waals surface area (Å²) in [7, 11) is 1.63. The lowest BCUT2D eigenvalue weighted by atomic mass is 9.67. The zero-order valence-corrected chi connectivity index (χ0v) is 11.9. The van der Waals surface area contributed by atoms with Gasteiger partial charge in [-0.05, 0) is 55.7 Å². The molecular formula is C16H22O3. The molecule has 0 bridgehead atoms. The van der Waals surface area contributed by atoms with Crippen molar-refractivity contribution in [3.8, 4) is 5.75 Å². The quantitative estimate of drug-likeness (QED) is 0.906. The van der Waals surface area contributed by atoms with Crippen molar-refractivity contribution in [3.05, 3.63) is 29.3 Å². The van der Waals surface area contributed by atoms with Crippen LogP contribution in [0.4, 0.5) is 0 Å². The number of carboxylic acids is 1. The van der Waals surface area contributed by atoms with E-state index in [0.29, 0.717) is 5.92 Å². The first kappa shape index (κ1) is 13.9. The van der Waals surface area contributed by atoms with Crippen molar-refractivity contribution in [1.29, 1.82) is 0 Å². The van der Waals surface area contributed by atoms with Crippen LogP contribution in [-0.2, 0) is 10.2 Å². The number of benzene rings is 1. The highest BCUT2D eigenvalue weighted by atomic mass is 16.5. The van der Waals surface area contributed by atoms with E-state index >= 15 is 0 Å². The van der Waals surface area contributed by atoms with E-state index in [9.17, 15) is 9.90 Å². The number of aliphatic carboxylic acids is 1.